The predicted octanol–water partition coefficient (Wildman–Crippen LogP) is -4.07. The van der Waals surface area contributed by atoms with Gasteiger partial charge in [-0.25, -0.2) is 4.79 Å². The van der Waals surface area contributed by atoms with E-state index in [2.05, 4.69) is 0 Å². The first-order valence-corrected chi connectivity index (χ1v) is 10.6. The molecule has 0 unspecified atom stereocenters. The summed E-state index contributed by atoms with van der Waals surface area (Å²) in [4.78, 5) is 12.1. The summed E-state index contributed by atoms with van der Waals surface area (Å²) in [6.45, 7) is -1.34. The first-order chi connectivity index (χ1) is 16.6. The molecule has 2 fully saturated rings. The summed E-state index contributed by atoms with van der Waals surface area (Å²) in [5, 5.41) is 87.6. The summed E-state index contributed by atoms with van der Waals surface area (Å²) in [5.74, 6) is -1.61. The number of benzene rings is 1. The first kappa shape index (κ1) is 27.2. The minimum atomic E-state index is -1.76. The fourth-order valence-electron chi connectivity index (χ4n) is 3.51. The van der Waals surface area contributed by atoms with Crippen LogP contribution >= 0.6 is 0 Å². The number of phenols is 1. The van der Waals surface area contributed by atoms with E-state index in [4.69, 9.17) is 24.1 Å². The Bertz CT molecular complexity index is 889. The van der Waals surface area contributed by atoms with Gasteiger partial charge in [0.25, 0.3) is 0 Å². The number of carbonyl (C=O) groups excluding carboxylic acids is 1. The fourth-order valence-corrected chi connectivity index (χ4v) is 3.51. The molecule has 2 heterocycles. The van der Waals surface area contributed by atoms with Gasteiger partial charge in [-0.05, 0) is 23.8 Å². The fraction of sp³-hybridized carbons (Fsp3) is 0.571. The molecular formula is C21H28O14. The van der Waals surface area contributed by atoms with Crippen LogP contribution in [0.2, 0.25) is 0 Å². The Labute approximate surface area is 198 Å². The van der Waals surface area contributed by atoms with Crippen molar-refractivity contribution in [2.24, 2.45) is 0 Å². The maximum absolute atomic E-state index is 12.1. The zero-order chi connectivity index (χ0) is 25.9. The number of esters is 1. The van der Waals surface area contributed by atoms with Crippen molar-refractivity contribution in [1.82, 2.24) is 0 Å². The zero-order valence-electron chi connectivity index (χ0n) is 18.1. The van der Waals surface area contributed by atoms with E-state index in [1.54, 1.807) is 0 Å². The number of carbonyl (C=O) groups is 1. The van der Waals surface area contributed by atoms with E-state index in [0.717, 1.165) is 6.08 Å². The van der Waals surface area contributed by atoms with Crippen LogP contribution in [-0.4, -0.2) is 127 Å². The molecular weight excluding hydrogens is 476 g/mol. The Kier molecular flexibility index (Phi) is 9.00. The molecule has 196 valence electrons. The average Bonchev–Trinajstić information content (AvgIpc) is 2.84. The molecule has 0 bridgehead atoms. The van der Waals surface area contributed by atoms with Crippen molar-refractivity contribution < 1.29 is 69.7 Å². The molecule has 1 aromatic carbocycles. The highest BCUT2D eigenvalue weighted by Crippen LogP contribution is 2.31. The summed E-state index contributed by atoms with van der Waals surface area (Å²) in [7, 11) is 0. The lowest BCUT2D eigenvalue weighted by atomic mass is 9.99. The minimum Gasteiger partial charge on any atom is -0.504 e. The van der Waals surface area contributed by atoms with Crippen molar-refractivity contribution in [2.75, 3.05) is 13.2 Å². The van der Waals surface area contributed by atoms with Gasteiger partial charge < -0.3 is 64.9 Å². The molecule has 35 heavy (non-hydrogen) atoms. The highest BCUT2D eigenvalue weighted by molar-refractivity contribution is 5.87. The van der Waals surface area contributed by atoms with Crippen LogP contribution in [0.1, 0.15) is 5.56 Å². The molecule has 0 radical (unpaired) electrons. The third-order valence-corrected chi connectivity index (χ3v) is 5.57. The molecule has 14 heteroatoms. The number of ether oxygens (including phenoxy) is 4. The van der Waals surface area contributed by atoms with Crippen LogP contribution in [0.25, 0.3) is 6.08 Å². The standard InChI is InChI=1S/C21H28O14/c22-6-11-14(26)16(28)18(30)20(33-11)32-10-3-1-8(5-9(10)24)2-4-13(25)35-21-19(31)17(29)15(27)12(7-23)34-21/h1-5,11-12,14-24,26-31H,6-7H2/t11-,12-,14-,15-,16+,17+,18-,19-,20-,21+/m1/s1. The second-order valence-corrected chi connectivity index (χ2v) is 8.01. The smallest absolute Gasteiger partial charge is 0.333 e. The van der Waals surface area contributed by atoms with Crippen LogP contribution in [0.15, 0.2) is 24.3 Å². The summed E-state index contributed by atoms with van der Waals surface area (Å²) < 4.78 is 20.5. The number of hydrogen-bond acceptors (Lipinski definition) is 14. The highest BCUT2D eigenvalue weighted by Gasteiger charge is 2.46. The third kappa shape index (κ3) is 6.07. The Morgan fingerprint density at radius 2 is 1.37 bits per heavy atom. The van der Waals surface area contributed by atoms with Gasteiger partial charge >= 0.3 is 5.97 Å². The third-order valence-electron chi connectivity index (χ3n) is 5.57. The molecule has 14 nitrogen and oxygen atoms in total. The van der Waals surface area contributed by atoms with Crippen LogP contribution in [-0.2, 0) is 19.0 Å². The van der Waals surface area contributed by atoms with Crippen LogP contribution in [0.5, 0.6) is 11.5 Å². The number of aromatic hydroxyl groups is 1. The Morgan fingerprint density at radius 1 is 0.829 bits per heavy atom. The SMILES string of the molecule is O=C(C=Cc1ccc(O[C@@H]2O[C@H](CO)[C@@H](O)[C@H](O)[C@H]2O)c(O)c1)O[C@@H]1O[C@H](CO)[C@@H](O)[C@H](O)[C@H]1O. The first-order valence-electron chi connectivity index (χ1n) is 10.6. The lowest BCUT2D eigenvalue weighted by Crippen LogP contribution is -2.60. The lowest BCUT2D eigenvalue weighted by Gasteiger charge is -2.39. The maximum Gasteiger partial charge on any atom is 0.333 e. The number of aliphatic hydroxyl groups is 8. The van der Waals surface area contributed by atoms with Gasteiger partial charge in [-0.15, -0.1) is 0 Å². The number of hydrogen-bond donors (Lipinski definition) is 9. The minimum absolute atomic E-state index is 0.171. The number of phenolic OH excluding ortho intramolecular Hbond substituents is 1. The van der Waals surface area contributed by atoms with Gasteiger partial charge in [0.2, 0.25) is 12.6 Å². The molecule has 9 N–H and O–H groups in total. The Morgan fingerprint density at radius 3 is 1.91 bits per heavy atom. The molecule has 1 aromatic rings. The van der Waals surface area contributed by atoms with Gasteiger partial charge in [0.15, 0.2) is 11.5 Å². The molecule has 0 amide bonds. The van der Waals surface area contributed by atoms with Gasteiger partial charge in [0.05, 0.1) is 13.2 Å². The number of rotatable bonds is 7. The van der Waals surface area contributed by atoms with E-state index in [-0.39, 0.29) is 11.3 Å². The molecule has 2 saturated heterocycles. The molecule has 2 aliphatic rings. The van der Waals surface area contributed by atoms with Crippen molar-refractivity contribution in [3.05, 3.63) is 29.8 Å². The number of aliphatic hydroxyl groups excluding tert-OH is 8. The monoisotopic (exact) mass is 504 g/mol. The summed E-state index contributed by atoms with van der Waals surface area (Å²) in [6.07, 6.45) is -13.4. The molecule has 0 spiro atoms. The van der Waals surface area contributed by atoms with E-state index in [1.165, 1.54) is 24.3 Å². The van der Waals surface area contributed by atoms with E-state index < -0.39 is 86.3 Å². The summed E-state index contributed by atoms with van der Waals surface area (Å²) in [6, 6.07) is 3.84. The van der Waals surface area contributed by atoms with Crippen molar-refractivity contribution in [1.29, 1.82) is 0 Å². The molecule has 2 aliphatic heterocycles. The summed E-state index contributed by atoms with van der Waals surface area (Å²) in [5.41, 5.74) is 0.286. The molecule has 0 aromatic heterocycles. The molecule has 10 atom stereocenters. The van der Waals surface area contributed by atoms with Gasteiger partial charge in [-0.1, -0.05) is 6.07 Å². The van der Waals surface area contributed by atoms with Crippen LogP contribution in [0.3, 0.4) is 0 Å². The van der Waals surface area contributed by atoms with E-state index in [0.29, 0.717) is 0 Å². The van der Waals surface area contributed by atoms with Crippen LogP contribution in [0.4, 0.5) is 0 Å². The second kappa shape index (κ2) is 11.6. The Hall–Kier alpha value is -2.37. The normalized spacial score (nSPS) is 37.8. The highest BCUT2D eigenvalue weighted by atomic mass is 16.7. The zero-order valence-corrected chi connectivity index (χ0v) is 18.1. The second-order valence-electron chi connectivity index (χ2n) is 8.01. The molecule has 0 saturated carbocycles. The largest absolute Gasteiger partial charge is 0.504 e. The van der Waals surface area contributed by atoms with Gasteiger partial charge in [-0.2, -0.15) is 0 Å². The summed E-state index contributed by atoms with van der Waals surface area (Å²) >= 11 is 0. The van der Waals surface area contributed by atoms with Crippen molar-refractivity contribution in [3.63, 3.8) is 0 Å². The van der Waals surface area contributed by atoms with E-state index in [9.17, 15) is 45.6 Å². The quantitative estimate of drug-likeness (QED) is 0.127. The van der Waals surface area contributed by atoms with Crippen LogP contribution in [0, 0.1) is 0 Å². The Balaban J connectivity index is 1.61. The average molecular weight is 504 g/mol. The topological polar surface area (TPSA) is 236 Å². The van der Waals surface area contributed by atoms with E-state index in [1.807, 2.05) is 0 Å². The lowest BCUT2D eigenvalue weighted by molar-refractivity contribution is -0.291. The van der Waals surface area contributed by atoms with E-state index >= 15 is 0 Å². The van der Waals surface area contributed by atoms with Crippen molar-refractivity contribution in [3.8, 4) is 11.5 Å². The predicted molar refractivity (Wildman–Crippen MR) is 111 cm³/mol. The molecule has 0 aliphatic carbocycles. The van der Waals surface area contributed by atoms with Crippen LogP contribution < -0.4 is 4.74 Å². The molecule has 3 rings (SSSR count). The van der Waals surface area contributed by atoms with Crippen molar-refractivity contribution >= 4 is 12.0 Å². The van der Waals surface area contributed by atoms with Gasteiger partial charge in [0, 0.05) is 6.08 Å². The van der Waals surface area contributed by atoms with Crippen molar-refractivity contribution in [2.45, 2.75) is 61.4 Å². The maximum atomic E-state index is 12.1. The van der Waals surface area contributed by atoms with Gasteiger partial charge in [-0.3, -0.25) is 0 Å². The van der Waals surface area contributed by atoms with Gasteiger partial charge in [0.1, 0.15) is 48.8 Å².